The summed E-state index contributed by atoms with van der Waals surface area (Å²) in [4.78, 5) is 0. The molecule has 0 atom stereocenters. The summed E-state index contributed by atoms with van der Waals surface area (Å²) >= 11 is 0. The number of benzene rings is 6. The Morgan fingerprint density at radius 1 is 0.276 bits per heavy atom. The van der Waals surface area contributed by atoms with Crippen LogP contribution in [-0.2, 0) is 0 Å². The fourth-order valence-corrected chi connectivity index (χ4v) is 8.32. The number of hydrogen-bond acceptors (Lipinski definition) is 9. The Labute approximate surface area is 333 Å². The average Bonchev–Trinajstić information content (AvgIpc) is 3.97. The number of rotatable bonds is 15. The predicted octanol–water partition coefficient (Wildman–Crippen LogP) is 10.4. The van der Waals surface area contributed by atoms with Crippen LogP contribution in [0.2, 0.25) is 0 Å². The van der Waals surface area contributed by atoms with Gasteiger partial charge in [0.05, 0.1) is 0 Å². The third kappa shape index (κ3) is 8.08. The van der Waals surface area contributed by atoms with Gasteiger partial charge in [-0.05, 0) is 72.8 Å². The lowest BCUT2D eigenvalue weighted by Crippen LogP contribution is -2.24. The van der Waals surface area contributed by atoms with Gasteiger partial charge in [0.25, 0.3) is 17.6 Å². The largest absolute Gasteiger partial charge is 0.439 e. The lowest BCUT2D eigenvalue weighted by atomic mass is 10.3. The first kappa shape index (κ1) is 35.9. The molecule has 3 heterocycles. The molecule has 58 heavy (non-hydrogen) atoms. The van der Waals surface area contributed by atoms with Gasteiger partial charge in [-0.1, -0.05) is 109 Å². The molecule has 0 unspecified atom stereocenters. The van der Waals surface area contributed by atoms with Crippen LogP contribution in [-0.4, -0.2) is 30.6 Å². The van der Waals surface area contributed by atoms with Crippen molar-refractivity contribution in [1.82, 2.24) is 30.6 Å². The monoisotopic (exact) mass is 784 g/mol. The zero-order chi connectivity index (χ0) is 38.9. The normalized spacial score (nSPS) is 10.9. The first-order valence-corrected chi connectivity index (χ1v) is 19.5. The molecule has 6 aromatic carbocycles. The molecule has 9 rings (SSSR count). The number of hydrogen-bond donors (Lipinski definition) is 3. The van der Waals surface area contributed by atoms with E-state index < -0.39 is 7.92 Å². The molecule has 3 N–H and O–H groups in total. The third-order valence-corrected chi connectivity index (χ3v) is 11.0. The second-order valence-corrected chi connectivity index (χ2v) is 14.5. The van der Waals surface area contributed by atoms with Crippen molar-refractivity contribution in [1.29, 1.82) is 0 Å². The van der Waals surface area contributed by atoms with E-state index in [1.54, 1.807) is 0 Å². The minimum absolute atomic E-state index is 0.207. The first-order valence-electron chi connectivity index (χ1n) is 18.2. The SMILES string of the molecule is c1ccc(Oc2n[nH]c(Oc3ccccc3)c2P(c2c(Oc3ccccc3)n[nH]c2Oc2ccccc2)c2c(Oc3ccccc3)n[nH]c2Oc2ccccc2)cc1. The van der Waals surface area contributed by atoms with Crippen LogP contribution in [0, 0.1) is 0 Å². The summed E-state index contributed by atoms with van der Waals surface area (Å²) in [5, 5.41) is 25.0. The summed E-state index contributed by atoms with van der Waals surface area (Å²) < 4.78 is 39.7. The summed E-state index contributed by atoms with van der Waals surface area (Å²) in [7, 11) is -2.07. The van der Waals surface area contributed by atoms with Gasteiger partial charge in [0, 0.05) is 7.92 Å². The van der Waals surface area contributed by atoms with Gasteiger partial charge in [-0.3, -0.25) is 0 Å². The van der Waals surface area contributed by atoms with Crippen LogP contribution in [0.4, 0.5) is 0 Å². The van der Waals surface area contributed by atoms with E-state index in [1.165, 1.54) is 0 Å². The molecule has 13 heteroatoms. The van der Waals surface area contributed by atoms with Crippen molar-refractivity contribution in [3.63, 3.8) is 0 Å². The van der Waals surface area contributed by atoms with Gasteiger partial charge in [-0.25, -0.2) is 15.3 Å². The van der Waals surface area contributed by atoms with E-state index in [0.29, 0.717) is 50.4 Å². The van der Waals surface area contributed by atoms with Crippen molar-refractivity contribution in [2.75, 3.05) is 0 Å². The van der Waals surface area contributed by atoms with Gasteiger partial charge < -0.3 is 28.4 Å². The Morgan fingerprint density at radius 3 is 0.707 bits per heavy atom. The lowest BCUT2D eigenvalue weighted by molar-refractivity contribution is 0.461. The number of ether oxygens (including phenoxy) is 6. The molecule has 0 aliphatic heterocycles. The van der Waals surface area contributed by atoms with Gasteiger partial charge >= 0.3 is 0 Å². The second kappa shape index (κ2) is 16.9. The molecule has 0 saturated carbocycles. The van der Waals surface area contributed by atoms with E-state index in [0.717, 1.165) is 0 Å². The molecule has 284 valence electrons. The van der Waals surface area contributed by atoms with Gasteiger partial charge in [-0.2, -0.15) is 0 Å². The molecule has 0 fully saturated rings. The van der Waals surface area contributed by atoms with E-state index in [9.17, 15) is 0 Å². The highest BCUT2D eigenvalue weighted by atomic mass is 31.1. The van der Waals surface area contributed by atoms with Crippen LogP contribution in [0.1, 0.15) is 0 Å². The van der Waals surface area contributed by atoms with E-state index in [1.807, 2.05) is 182 Å². The first-order chi connectivity index (χ1) is 28.7. The molecule has 3 aromatic heterocycles. The highest BCUT2D eigenvalue weighted by molar-refractivity contribution is 7.81. The summed E-state index contributed by atoms with van der Waals surface area (Å²) in [6.07, 6.45) is 0. The van der Waals surface area contributed by atoms with Crippen LogP contribution in [0.5, 0.6) is 69.8 Å². The van der Waals surface area contributed by atoms with E-state index in [2.05, 4.69) is 15.3 Å². The third-order valence-electron chi connectivity index (χ3n) is 8.46. The standard InChI is InChI=1S/C45H33N6O6P/c1-7-19-31(20-8-1)52-40-37(41(47-46-40)53-32-21-9-2-10-22-32)58(38-42(54-33-23-11-3-12-24-33)48-49-43(38)55-34-25-13-4-14-26-34)39-44(56-35-27-15-5-16-28-35)50-51-45(39)57-36-29-17-6-18-30-36/h1-30H,(H,46,47)(H,48,49)(H,50,51). The lowest BCUT2D eigenvalue weighted by Gasteiger charge is -2.21. The minimum Gasteiger partial charge on any atom is -0.439 e. The zero-order valence-corrected chi connectivity index (χ0v) is 31.5. The molecule has 0 aliphatic rings. The van der Waals surface area contributed by atoms with E-state index >= 15 is 0 Å². The summed E-state index contributed by atoms with van der Waals surface area (Å²) in [6, 6.07) is 56.2. The Bertz CT molecular complexity index is 2210. The predicted molar refractivity (Wildman–Crippen MR) is 221 cm³/mol. The molecule has 0 saturated heterocycles. The van der Waals surface area contributed by atoms with Gasteiger partial charge in [0.15, 0.2) is 0 Å². The number of nitrogens with zero attached hydrogens (tertiary/aromatic N) is 3. The van der Waals surface area contributed by atoms with Crippen LogP contribution in [0.3, 0.4) is 0 Å². The average molecular weight is 785 g/mol. The van der Waals surface area contributed by atoms with Gasteiger partial charge in [0.2, 0.25) is 17.6 Å². The van der Waals surface area contributed by atoms with Gasteiger partial charge in [0.1, 0.15) is 50.4 Å². The number of H-pyrrole nitrogens is 3. The second-order valence-electron chi connectivity index (χ2n) is 12.4. The van der Waals surface area contributed by atoms with Crippen molar-refractivity contribution < 1.29 is 28.4 Å². The Morgan fingerprint density at radius 2 is 0.483 bits per heavy atom. The fourth-order valence-electron chi connectivity index (χ4n) is 5.89. The van der Waals surface area contributed by atoms with Crippen LogP contribution < -0.4 is 44.3 Å². The maximum Gasteiger partial charge on any atom is 0.250 e. The van der Waals surface area contributed by atoms with Crippen molar-refractivity contribution in [2.24, 2.45) is 0 Å². The zero-order valence-electron chi connectivity index (χ0n) is 30.6. The maximum absolute atomic E-state index is 6.63. The quantitative estimate of drug-likeness (QED) is 0.0866. The van der Waals surface area contributed by atoms with E-state index in [4.69, 9.17) is 43.7 Å². The number of para-hydroxylation sites is 6. The van der Waals surface area contributed by atoms with Gasteiger partial charge in [-0.15, -0.1) is 15.3 Å². The van der Waals surface area contributed by atoms with E-state index in [-0.39, 0.29) is 35.3 Å². The van der Waals surface area contributed by atoms with Crippen molar-refractivity contribution in [3.05, 3.63) is 182 Å². The van der Waals surface area contributed by atoms with Crippen molar-refractivity contribution in [2.45, 2.75) is 0 Å². The molecular formula is C45H33N6O6P. The Hall–Kier alpha value is -7.82. The number of nitrogens with one attached hydrogen (secondary N) is 3. The highest BCUT2D eigenvalue weighted by Crippen LogP contribution is 2.51. The fraction of sp³-hybridized carbons (Fsp3) is 0. The maximum atomic E-state index is 6.63. The summed E-state index contributed by atoms with van der Waals surface area (Å²) in [5.41, 5.74) is 0. The summed E-state index contributed by atoms with van der Waals surface area (Å²) in [5.74, 6) is 4.73. The molecule has 0 aliphatic carbocycles. The van der Waals surface area contributed by atoms with Crippen LogP contribution in [0.25, 0.3) is 0 Å². The Kier molecular flexibility index (Phi) is 10.5. The minimum atomic E-state index is -2.07. The molecular weight excluding hydrogens is 752 g/mol. The molecule has 12 nitrogen and oxygen atoms in total. The van der Waals surface area contributed by atoms with Crippen molar-refractivity contribution in [3.8, 4) is 69.8 Å². The molecule has 0 radical (unpaired) electrons. The summed E-state index contributed by atoms with van der Waals surface area (Å²) in [6.45, 7) is 0. The molecule has 9 aromatic rings. The number of aromatic amines is 3. The van der Waals surface area contributed by atoms with Crippen molar-refractivity contribution >= 4 is 23.8 Å². The molecule has 0 amide bonds. The molecule has 0 bridgehead atoms. The smallest absolute Gasteiger partial charge is 0.250 e. The topological polar surface area (TPSA) is 141 Å². The van der Waals surface area contributed by atoms with Crippen LogP contribution in [0.15, 0.2) is 182 Å². The highest BCUT2D eigenvalue weighted by Gasteiger charge is 2.41. The molecule has 0 spiro atoms. The Balaban J connectivity index is 1.33. The number of aromatic nitrogens is 6. The van der Waals surface area contributed by atoms with Crippen LogP contribution >= 0.6 is 7.92 Å².